The molecule has 2 rings (SSSR count). The lowest BCUT2D eigenvalue weighted by Gasteiger charge is -2.35. The lowest BCUT2D eigenvalue weighted by molar-refractivity contribution is -0.126. The van der Waals surface area contributed by atoms with Gasteiger partial charge < -0.3 is 15.5 Å². The molecule has 6 heteroatoms. The number of nitrogens with one attached hydrogen (secondary N) is 2. The van der Waals surface area contributed by atoms with Gasteiger partial charge in [-0.05, 0) is 32.5 Å². The summed E-state index contributed by atoms with van der Waals surface area (Å²) in [5.74, 6) is 0.130. The molecule has 122 valence electrons. The van der Waals surface area contributed by atoms with Crippen molar-refractivity contribution in [2.45, 2.75) is 19.4 Å². The predicted octanol–water partition coefficient (Wildman–Crippen LogP) is 0.636. The van der Waals surface area contributed by atoms with Gasteiger partial charge in [-0.1, -0.05) is 0 Å². The molecule has 0 aliphatic carbocycles. The average Bonchev–Trinajstić information content (AvgIpc) is 2.55. The van der Waals surface area contributed by atoms with Crippen LogP contribution in [0, 0.1) is 0 Å². The highest BCUT2D eigenvalue weighted by Gasteiger charge is 2.23. The number of anilines is 1. The number of pyridine rings is 1. The summed E-state index contributed by atoms with van der Waals surface area (Å²) in [4.78, 5) is 20.8. The smallest absolute Gasteiger partial charge is 0.237 e. The van der Waals surface area contributed by atoms with Crippen LogP contribution in [-0.2, 0) is 4.79 Å². The van der Waals surface area contributed by atoms with Gasteiger partial charge in [0, 0.05) is 51.7 Å². The third kappa shape index (κ3) is 5.27. The molecule has 0 bridgehead atoms. The highest BCUT2D eigenvalue weighted by atomic mass is 16.2. The third-order valence-corrected chi connectivity index (χ3v) is 4.11. The van der Waals surface area contributed by atoms with Crippen LogP contribution in [0.3, 0.4) is 0 Å². The van der Waals surface area contributed by atoms with Crippen molar-refractivity contribution in [2.24, 2.45) is 0 Å². The maximum absolute atomic E-state index is 12.2. The molecule has 1 fully saturated rings. The molecule has 0 saturated carbocycles. The number of carbonyl (C=O) groups excluding carboxylic acids is 1. The minimum absolute atomic E-state index is 0.0417. The fourth-order valence-corrected chi connectivity index (χ4v) is 2.52. The van der Waals surface area contributed by atoms with Crippen molar-refractivity contribution in [1.29, 1.82) is 0 Å². The minimum atomic E-state index is -0.0417. The number of carbonyl (C=O) groups is 1. The summed E-state index contributed by atoms with van der Waals surface area (Å²) in [5.41, 5.74) is 1.01. The van der Waals surface area contributed by atoms with Crippen LogP contribution in [0.15, 0.2) is 24.5 Å². The molecule has 22 heavy (non-hydrogen) atoms. The van der Waals surface area contributed by atoms with Crippen LogP contribution in [0.25, 0.3) is 0 Å². The first-order valence-corrected chi connectivity index (χ1v) is 8.01. The number of nitrogens with zero attached hydrogens (tertiary/aromatic N) is 3. The molecule has 0 spiro atoms. The summed E-state index contributed by atoms with van der Waals surface area (Å²) in [6.45, 7) is 7.52. The molecule has 1 atom stereocenters. The first-order chi connectivity index (χ1) is 10.7. The van der Waals surface area contributed by atoms with E-state index in [2.05, 4.69) is 32.5 Å². The van der Waals surface area contributed by atoms with Gasteiger partial charge in [-0.15, -0.1) is 0 Å². The van der Waals surface area contributed by atoms with Crippen LogP contribution in [0.1, 0.15) is 13.3 Å². The van der Waals surface area contributed by atoms with Crippen LogP contribution < -0.4 is 10.6 Å². The molecule has 1 aromatic rings. The van der Waals surface area contributed by atoms with E-state index in [4.69, 9.17) is 0 Å². The lowest BCUT2D eigenvalue weighted by Crippen LogP contribution is -2.53. The van der Waals surface area contributed by atoms with Crippen molar-refractivity contribution in [3.05, 3.63) is 24.5 Å². The van der Waals surface area contributed by atoms with Crippen LogP contribution in [0.4, 0.5) is 5.69 Å². The second-order valence-electron chi connectivity index (χ2n) is 5.83. The van der Waals surface area contributed by atoms with E-state index in [0.29, 0.717) is 6.54 Å². The standard InChI is InChI=1S/C16H27N5O/c1-14(21-11-9-20(2)10-12-21)16(22)19-8-4-7-18-15-5-3-6-17-13-15/h3,5-6,13-14,18H,4,7-12H2,1-2H3,(H,19,22)/t14-/m1/s1. The van der Waals surface area contributed by atoms with Crippen molar-refractivity contribution < 1.29 is 4.79 Å². The van der Waals surface area contributed by atoms with Crippen molar-refractivity contribution in [3.63, 3.8) is 0 Å². The van der Waals surface area contributed by atoms with E-state index in [1.54, 1.807) is 12.4 Å². The van der Waals surface area contributed by atoms with Crippen LogP contribution in [0.5, 0.6) is 0 Å². The highest BCUT2D eigenvalue weighted by molar-refractivity contribution is 5.81. The SMILES string of the molecule is C[C@H](C(=O)NCCCNc1cccnc1)N1CCN(C)CC1. The van der Waals surface area contributed by atoms with E-state index in [1.807, 2.05) is 19.1 Å². The Balaban J connectivity index is 1.59. The van der Waals surface area contributed by atoms with Crippen LogP contribution in [-0.4, -0.2) is 73.0 Å². The zero-order valence-electron chi connectivity index (χ0n) is 13.6. The minimum Gasteiger partial charge on any atom is -0.384 e. The number of aromatic nitrogens is 1. The molecule has 2 heterocycles. The Morgan fingerprint density at radius 3 is 2.77 bits per heavy atom. The maximum atomic E-state index is 12.2. The van der Waals surface area contributed by atoms with E-state index >= 15 is 0 Å². The number of likely N-dealkylation sites (N-methyl/N-ethyl adjacent to an activating group) is 1. The molecule has 0 unspecified atom stereocenters. The van der Waals surface area contributed by atoms with Gasteiger partial charge in [-0.25, -0.2) is 0 Å². The average molecular weight is 305 g/mol. The Labute approximate surface area is 132 Å². The number of hydrogen-bond acceptors (Lipinski definition) is 5. The monoisotopic (exact) mass is 305 g/mol. The van der Waals surface area contributed by atoms with Crippen molar-refractivity contribution in [1.82, 2.24) is 20.1 Å². The van der Waals surface area contributed by atoms with Crippen LogP contribution >= 0.6 is 0 Å². The Morgan fingerprint density at radius 2 is 2.09 bits per heavy atom. The highest BCUT2D eigenvalue weighted by Crippen LogP contribution is 2.05. The predicted molar refractivity (Wildman–Crippen MR) is 88.9 cm³/mol. The van der Waals surface area contributed by atoms with Gasteiger partial charge in [0.15, 0.2) is 0 Å². The molecule has 1 aromatic heterocycles. The van der Waals surface area contributed by atoms with Gasteiger partial charge in [0.05, 0.1) is 11.7 Å². The summed E-state index contributed by atoms with van der Waals surface area (Å²) >= 11 is 0. The molecule has 1 amide bonds. The van der Waals surface area contributed by atoms with E-state index < -0.39 is 0 Å². The fourth-order valence-electron chi connectivity index (χ4n) is 2.52. The molecule has 0 aromatic carbocycles. The van der Waals surface area contributed by atoms with Gasteiger partial charge in [0.25, 0.3) is 0 Å². The molecule has 1 aliphatic heterocycles. The van der Waals surface area contributed by atoms with E-state index in [9.17, 15) is 4.79 Å². The fraction of sp³-hybridized carbons (Fsp3) is 0.625. The lowest BCUT2D eigenvalue weighted by atomic mass is 10.2. The Kier molecular flexibility index (Phi) is 6.61. The second kappa shape index (κ2) is 8.70. The normalized spacial score (nSPS) is 17.9. The van der Waals surface area contributed by atoms with Gasteiger partial charge >= 0.3 is 0 Å². The van der Waals surface area contributed by atoms with E-state index in [1.165, 1.54) is 0 Å². The zero-order valence-corrected chi connectivity index (χ0v) is 13.6. The summed E-state index contributed by atoms with van der Waals surface area (Å²) < 4.78 is 0. The first-order valence-electron chi connectivity index (χ1n) is 8.01. The molecular formula is C16H27N5O. The maximum Gasteiger partial charge on any atom is 0.237 e. The van der Waals surface area contributed by atoms with Gasteiger partial charge in [-0.2, -0.15) is 0 Å². The van der Waals surface area contributed by atoms with E-state index in [-0.39, 0.29) is 11.9 Å². The number of rotatable bonds is 7. The van der Waals surface area contributed by atoms with Crippen LogP contribution in [0.2, 0.25) is 0 Å². The summed E-state index contributed by atoms with van der Waals surface area (Å²) in [6, 6.07) is 3.85. The summed E-state index contributed by atoms with van der Waals surface area (Å²) in [5, 5.41) is 6.31. The first kappa shape index (κ1) is 16.7. The van der Waals surface area contributed by atoms with Gasteiger partial charge in [0.1, 0.15) is 0 Å². The van der Waals surface area contributed by atoms with Crippen molar-refractivity contribution in [3.8, 4) is 0 Å². The Morgan fingerprint density at radius 1 is 1.32 bits per heavy atom. The van der Waals surface area contributed by atoms with Crippen molar-refractivity contribution in [2.75, 3.05) is 51.6 Å². The van der Waals surface area contributed by atoms with Gasteiger partial charge in [-0.3, -0.25) is 14.7 Å². The zero-order chi connectivity index (χ0) is 15.8. The van der Waals surface area contributed by atoms with E-state index in [0.717, 1.165) is 44.8 Å². The third-order valence-electron chi connectivity index (χ3n) is 4.11. The Hall–Kier alpha value is -1.66. The molecule has 6 nitrogen and oxygen atoms in total. The molecule has 1 aliphatic rings. The molecular weight excluding hydrogens is 278 g/mol. The number of amides is 1. The summed E-state index contributed by atoms with van der Waals surface area (Å²) in [6.07, 6.45) is 4.45. The Bertz CT molecular complexity index is 445. The molecule has 0 radical (unpaired) electrons. The molecule has 1 saturated heterocycles. The quantitative estimate of drug-likeness (QED) is 0.724. The second-order valence-corrected chi connectivity index (χ2v) is 5.83. The number of hydrogen-bond donors (Lipinski definition) is 2. The largest absolute Gasteiger partial charge is 0.384 e. The summed E-state index contributed by atoms with van der Waals surface area (Å²) in [7, 11) is 2.12. The topological polar surface area (TPSA) is 60.5 Å². The number of piperazine rings is 1. The molecule has 2 N–H and O–H groups in total. The van der Waals surface area contributed by atoms with Crippen molar-refractivity contribution >= 4 is 11.6 Å². The van der Waals surface area contributed by atoms with Gasteiger partial charge in [0.2, 0.25) is 5.91 Å².